The van der Waals surface area contributed by atoms with E-state index in [1.54, 1.807) is 0 Å². The van der Waals surface area contributed by atoms with Gasteiger partial charge in [-0.05, 0) is 37.8 Å². The zero-order valence-electron chi connectivity index (χ0n) is 14.9. The summed E-state index contributed by atoms with van der Waals surface area (Å²) in [7, 11) is -3.76. The summed E-state index contributed by atoms with van der Waals surface area (Å²) in [5, 5.41) is 3.07. The van der Waals surface area contributed by atoms with Crippen molar-refractivity contribution in [2.45, 2.75) is 49.5 Å². The molecule has 2 fully saturated rings. The van der Waals surface area contributed by atoms with E-state index < -0.39 is 15.8 Å². The summed E-state index contributed by atoms with van der Waals surface area (Å²) in [4.78, 5) is 26.4. The molecule has 1 atom stereocenters. The molecule has 146 valence electrons. The normalized spacial score (nSPS) is 22.3. The number of amides is 1. The molecule has 0 spiro atoms. The fourth-order valence-corrected chi connectivity index (χ4v) is 5.54. The van der Waals surface area contributed by atoms with Crippen molar-refractivity contribution in [1.29, 1.82) is 0 Å². The second kappa shape index (κ2) is 7.12. The second-order valence-corrected chi connectivity index (χ2v) is 9.30. The molecule has 2 aliphatic rings. The van der Waals surface area contributed by atoms with E-state index in [0.29, 0.717) is 24.9 Å². The summed E-state index contributed by atoms with van der Waals surface area (Å²) in [5.74, 6) is -1.00. The number of hydrogen-bond donors (Lipinski definition) is 2. The fourth-order valence-electron chi connectivity index (χ4n) is 4.00. The maximum atomic E-state index is 13.0. The van der Waals surface area contributed by atoms with Crippen molar-refractivity contribution in [3.05, 3.63) is 28.7 Å². The Morgan fingerprint density at radius 3 is 2.74 bits per heavy atom. The largest absolute Gasteiger partial charge is 0.417 e. The van der Waals surface area contributed by atoms with Gasteiger partial charge in [0.1, 0.15) is 0 Å². The number of hydrogen-bond acceptors (Lipinski definition) is 5. The van der Waals surface area contributed by atoms with Crippen molar-refractivity contribution in [3.8, 4) is 0 Å². The highest BCUT2D eigenvalue weighted by Crippen LogP contribution is 2.26. The molecule has 1 aromatic heterocycles. The Bertz CT molecular complexity index is 1000. The van der Waals surface area contributed by atoms with Gasteiger partial charge >= 0.3 is 5.76 Å². The number of aromatic amines is 1. The minimum Gasteiger partial charge on any atom is -0.408 e. The van der Waals surface area contributed by atoms with Crippen molar-refractivity contribution >= 4 is 27.0 Å². The van der Waals surface area contributed by atoms with Crippen LogP contribution in [0, 0.1) is 5.92 Å². The van der Waals surface area contributed by atoms with E-state index in [1.165, 1.54) is 22.5 Å². The molecule has 2 N–H and O–H groups in total. The number of nitrogens with zero attached hydrogens (tertiary/aromatic N) is 1. The smallest absolute Gasteiger partial charge is 0.408 e. The molecule has 1 aliphatic carbocycles. The Kier molecular flexibility index (Phi) is 4.81. The molecule has 1 aromatic carbocycles. The van der Waals surface area contributed by atoms with Crippen LogP contribution in [0.1, 0.15) is 38.5 Å². The molecular weight excluding hydrogens is 370 g/mol. The standard InChI is InChI=1S/C18H23N3O5S/c22-17(19-13-5-1-2-6-13)12-4-3-9-21(11-12)27(24,25)14-7-8-15-16(10-14)26-18(23)20-15/h7-8,10,12-13H,1-6,9,11H2,(H,19,22)(H,20,23). The van der Waals surface area contributed by atoms with Crippen molar-refractivity contribution in [3.63, 3.8) is 0 Å². The van der Waals surface area contributed by atoms with Gasteiger partial charge in [0, 0.05) is 25.2 Å². The van der Waals surface area contributed by atoms with E-state index in [-0.39, 0.29) is 34.9 Å². The third kappa shape index (κ3) is 3.66. The first-order valence-corrected chi connectivity index (χ1v) is 10.8. The molecule has 2 aromatic rings. The Balaban J connectivity index is 1.51. The lowest BCUT2D eigenvalue weighted by Crippen LogP contribution is -2.47. The van der Waals surface area contributed by atoms with E-state index in [2.05, 4.69) is 10.3 Å². The molecule has 9 heteroatoms. The van der Waals surface area contributed by atoms with Crippen LogP contribution in [0.5, 0.6) is 0 Å². The van der Waals surface area contributed by atoms with Crippen molar-refractivity contribution < 1.29 is 17.6 Å². The van der Waals surface area contributed by atoms with Gasteiger partial charge in [0.25, 0.3) is 0 Å². The molecule has 0 radical (unpaired) electrons. The van der Waals surface area contributed by atoms with E-state index in [4.69, 9.17) is 4.42 Å². The van der Waals surface area contributed by atoms with Crippen LogP contribution < -0.4 is 11.1 Å². The lowest BCUT2D eigenvalue weighted by Gasteiger charge is -2.31. The number of oxazole rings is 1. The third-order valence-electron chi connectivity index (χ3n) is 5.49. The number of H-pyrrole nitrogens is 1. The first kappa shape index (κ1) is 18.2. The van der Waals surface area contributed by atoms with Crippen molar-refractivity contribution in [2.24, 2.45) is 5.92 Å². The van der Waals surface area contributed by atoms with Gasteiger partial charge in [-0.1, -0.05) is 12.8 Å². The van der Waals surface area contributed by atoms with Crippen LogP contribution in [0.25, 0.3) is 11.1 Å². The summed E-state index contributed by atoms with van der Waals surface area (Å²) in [5.41, 5.74) is 0.653. The Labute approximate surface area is 157 Å². The van der Waals surface area contributed by atoms with Gasteiger partial charge in [0.15, 0.2) is 5.58 Å². The molecule has 1 amide bonds. The van der Waals surface area contributed by atoms with Gasteiger partial charge in [0.2, 0.25) is 15.9 Å². The predicted molar refractivity (Wildman–Crippen MR) is 98.7 cm³/mol. The Hall–Kier alpha value is -2.13. The summed E-state index contributed by atoms with van der Waals surface area (Å²) >= 11 is 0. The van der Waals surface area contributed by atoms with Gasteiger partial charge in [-0.15, -0.1) is 0 Å². The fraction of sp³-hybridized carbons (Fsp3) is 0.556. The quantitative estimate of drug-likeness (QED) is 0.819. The van der Waals surface area contributed by atoms with E-state index in [1.807, 2.05) is 0 Å². The lowest BCUT2D eigenvalue weighted by molar-refractivity contribution is -0.126. The summed E-state index contributed by atoms with van der Waals surface area (Å²) < 4.78 is 32.4. The highest BCUT2D eigenvalue weighted by molar-refractivity contribution is 7.89. The van der Waals surface area contributed by atoms with Crippen LogP contribution in [0.4, 0.5) is 0 Å². The maximum absolute atomic E-state index is 13.0. The maximum Gasteiger partial charge on any atom is 0.417 e. The van der Waals surface area contributed by atoms with Crippen molar-refractivity contribution in [1.82, 2.24) is 14.6 Å². The third-order valence-corrected chi connectivity index (χ3v) is 7.35. The topological polar surface area (TPSA) is 112 Å². The molecule has 1 saturated carbocycles. The molecule has 1 saturated heterocycles. The van der Waals surface area contributed by atoms with E-state index in [0.717, 1.165) is 25.7 Å². The number of aromatic nitrogens is 1. The van der Waals surface area contributed by atoms with E-state index in [9.17, 15) is 18.0 Å². The van der Waals surface area contributed by atoms with Gasteiger partial charge < -0.3 is 9.73 Å². The van der Waals surface area contributed by atoms with Crippen LogP contribution in [0.15, 0.2) is 32.3 Å². The van der Waals surface area contributed by atoms with E-state index >= 15 is 0 Å². The average molecular weight is 393 g/mol. The number of rotatable bonds is 4. The van der Waals surface area contributed by atoms with Crippen LogP contribution >= 0.6 is 0 Å². The molecule has 27 heavy (non-hydrogen) atoms. The Morgan fingerprint density at radius 1 is 1.19 bits per heavy atom. The molecule has 4 rings (SSSR count). The highest BCUT2D eigenvalue weighted by Gasteiger charge is 2.34. The van der Waals surface area contributed by atoms with Crippen LogP contribution in [-0.4, -0.2) is 42.7 Å². The summed E-state index contributed by atoms with van der Waals surface area (Å²) in [6.45, 7) is 0.556. The second-order valence-electron chi connectivity index (χ2n) is 7.36. The number of carbonyl (C=O) groups excluding carboxylic acids is 1. The molecule has 8 nitrogen and oxygen atoms in total. The molecular formula is C18H23N3O5S. The van der Waals surface area contributed by atoms with Gasteiger partial charge in [0.05, 0.1) is 16.3 Å². The SMILES string of the molecule is O=C(NC1CCCC1)C1CCCN(S(=O)(=O)c2ccc3[nH]c(=O)oc3c2)C1. The van der Waals surface area contributed by atoms with Gasteiger partial charge in [-0.2, -0.15) is 4.31 Å². The molecule has 0 bridgehead atoms. The van der Waals surface area contributed by atoms with Crippen LogP contribution in [0.2, 0.25) is 0 Å². The van der Waals surface area contributed by atoms with Crippen LogP contribution in [0.3, 0.4) is 0 Å². The molecule has 2 heterocycles. The zero-order chi connectivity index (χ0) is 19.0. The Morgan fingerprint density at radius 2 is 1.96 bits per heavy atom. The monoisotopic (exact) mass is 393 g/mol. The number of nitrogens with one attached hydrogen (secondary N) is 2. The van der Waals surface area contributed by atoms with Gasteiger partial charge in [-0.25, -0.2) is 13.2 Å². The predicted octanol–water partition coefficient (Wildman–Crippen LogP) is 1.58. The van der Waals surface area contributed by atoms with Gasteiger partial charge in [-0.3, -0.25) is 9.78 Å². The zero-order valence-corrected chi connectivity index (χ0v) is 15.8. The number of benzene rings is 1. The molecule has 1 unspecified atom stereocenters. The minimum absolute atomic E-state index is 0.0473. The minimum atomic E-state index is -3.76. The number of fused-ring (bicyclic) bond motifs is 1. The highest BCUT2D eigenvalue weighted by atomic mass is 32.2. The number of carbonyl (C=O) groups is 1. The average Bonchev–Trinajstić information content (AvgIpc) is 3.29. The number of piperidine rings is 1. The summed E-state index contributed by atoms with van der Waals surface area (Å²) in [6, 6.07) is 4.54. The first-order valence-electron chi connectivity index (χ1n) is 9.37. The van der Waals surface area contributed by atoms with Crippen molar-refractivity contribution in [2.75, 3.05) is 13.1 Å². The molecule has 1 aliphatic heterocycles. The van der Waals surface area contributed by atoms with Crippen LogP contribution in [-0.2, 0) is 14.8 Å². The number of sulfonamides is 1. The summed E-state index contributed by atoms with van der Waals surface area (Å²) in [6.07, 6.45) is 5.60. The lowest BCUT2D eigenvalue weighted by atomic mass is 9.98. The first-order chi connectivity index (χ1) is 12.9.